The molecule has 1 aliphatic heterocycles. The van der Waals surface area contributed by atoms with E-state index in [1.54, 1.807) is 0 Å². The minimum absolute atomic E-state index is 0.107. The fraction of sp³-hybridized carbons (Fsp3) is 0.278. The lowest BCUT2D eigenvalue weighted by Crippen LogP contribution is -2.48. The van der Waals surface area contributed by atoms with Gasteiger partial charge >= 0.3 is 0 Å². The molecule has 1 saturated heterocycles. The molecule has 7 heteroatoms. The van der Waals surface area contributed by atoms with Crippen molar-refractivity contribution in [1.82, 2.24) is 4.90 Å². The molecule has 3 rings (SSSR count). The van der Waals surface area contributed by atoms with Gasteiger partial charge in [-0.25, -0.2) is 4.39 Å². The molecule has 132 valence electrons. The van der Waals surface area contributed by atoms with E-state index in [4.69, 9.17) is 23.2 Å². The quantitative estimate of drug-likeness (QED) is 0.872. The van der Waals surface area contributed by atoms with Crippen LogP contribution in [0.1, 0.15) is 0 Å². The Hall–Kier alpha value is -1.82. The molecule has 0 saturated carbocycles. The Kier molecular flexibility index (Phi) is 5.78. The largest absolute Gasteiger partial charge is 0.369 e. The maximum Gasteiger partial charge on any atom is 0.238 e. The maximum atomic E-state index is 13.7. The van der Waals surface area contributed by atoms with E-state index in [9.17, 15) is 9.18 Å². The van der Waals surface area contributed by atoms with Gasteiger partial charge in [0.1, 0.15) is 5.82 Å². The average molecular weight is 382 g/mol. The summed E-state index contributed by atoms with van der Waals surface area (Å²) < 4.78 is 13.7. The van der Waals surface area contributed by atoms with Crippen molar-refractivity contribution in [3.8, 4) is 0 Å². The molecule has 0 bridgehead atoms. The third-order valence-electron chi connectivity index (χ3n) is 4.12. The van der Waals surface area contributed by atoms with Gasteiger partial charge in [-0.15, -0.1) is 0 Å². The van der Waals surface area contributed by atoms with Gasteiger partial charge in [-0.1, -0.05) is 29.3 Å². The Morgan fingerprint density at radius 2 is 1.76 bits per heavy atom. The van der Waals surface area contributed by atoms with E-state index in [0.717, 1.165) is 31.9 Å². The summed E-state index contributed by atoms with van der Waals surface area (Å²) >= 11 is 11.9. The van der Waals surface area contributed by atoms with Gasteiger partial charge in [0.25, 0.3) is 0 Å². The smallest absolute Gasteiger partial charge is 0.238 e. The number of hydrogen-bond acceptors (Lipinski definition) is 3. The van der Waals surface area contributed by atoms with Crippen LogP contribution < -0.4 is 10.2 Å². The second-order valence-electron chi connectivity index (χ2n) is 5.92. The molecule has 0 atom stereocenters. The summed E-state index contributed by atoms with van der Waals surface area (Å²) in [6, 6.07) is 11.8. The molecule has 0 radical (unpaired) electrons. The molecule has 25 heavy (non-hydrogen) atoms. The lowest BCUT2D eigenvalue weighted by atomic mass is 10.2. The summed E-state index contributed by atoms with van der Waals surface area (Å²) in [6.07, 6.45) is 0. The highest BCUT2D eigenvalue weighted by Gasteiger charge is 2.20. The van der Waals surface area contributed by atoms with Crippen molar-refractivity contribution in [2.24, 2.45) is 0 Å². The maximum absolute atomic E-state index is 13.7. The van der Waals surface area contributed by atoms with Gasteiger partial charge in [-0.2, -0.15) is 0 Å². The number of amides is 1. The highest BCUT2D eigenvalue weighted by atomic mass is 35.5. The third kappa shape index (κ3) is 4.84. The Bertz CT molecular complexity index is 764. The van der Waals surface area contributed by atoms with Crippen molar-refractivity contribution in [1.29, 1.82) is 0 Å². The van der Waals surface area contributed by atoms with Gasteiger partial charge in [0.15, 0.2) is 0 Å². The Balaban J connectivity index is 1.52. The van der Waals surface area contributed by atoms with Gasteiger partial charge in [0, 0.05) is 41.9 Å². The topological polar surface area (TPSA) is 35.6 Å². The Morgan fingerprint density at radius 1 is 1.04 bits per heavy atom. The fourth-order valence-electron chi connectivity index (χ4n) is 2.82. The van der Waals surface area contributed by atoms with E-state index in [2.05, 4.69) is 10.2 Å². The lowest BCUT2D eigenvalue weighted by molar-refractivity contribution is -0.117. The number of halogens is 3. The number of carbonyl (C=O) groups excluding carboxylic acids is 1. The van der Waals surface area contributed by atoms with Crippen LogP contribution in [-0.2, 0) is 4.79 Å². The lowest BCUT2D eigenvalue weighted by Gasteiger charge is -2.35. The zero-order valence-corrected chi connectivity index (χ0v) is 15.0. The van der Waals surface area contributed by atoms with E-state index < -0.39 is 5.82 Å². The van der Waals surface area contributed by atoms with E-state index in [1.165, 1.54) is 18.2 Å². The fourth-order valence-corrected chi connectivity index (χ4v) is 3.18. The van der Waals surface area contributed by atoms with Crippen molar-refractivity contribution < 1.29 is 9.18 Å². The molecule has 1 aliphatic rings. The molecular weight excluding hydrogens is 364 g/mol. The summed E-state index contributed by atoms with van der Waals surface area (Å²) in [4.78, 5) is 16.4. The van der Waals surface area contributed by atoms with Crippen molar-refractivity contribution >= 4 is 40.5 Å². The van der Waals surface area contributed by atoms with Gasteiger partial charge in [-0.3, -0.25) is 9.69 Å². The predicted octanol–water partition coefficient (Wildman–Crippen LogP) is 3.89. The first-order valence-electron chi connectivity index (χ1n) is 7.99. The summed E-state index contributed by atoms with van der Waals surface area (Å²) in [5, 5.41) is 3.67. The van der Waals surface area contributed by atoms with Crippen molar-refractivity contribution in [3.05, 3.63) is 58.3 Å². The number of nitrogens with zero attached hydrogens (tertiary/aromatic N) is 2. The van der Waals surface area contributed by atoms with Crippen LogP contribution in [0.15, 0.2) is 42.5 Å². The molecule has 2 aromatic carbocycles. The molecular formula is C18H18Cl2FN3O. The molecule has 4 nitrogen and oxygen atoms in total. The average Bonchev–Trinajstić information content (AvgIpc) is 2.59. The van der Waals surface area contributed by atoms with Crippen LogP contribution in [0.4, 0.5) is 15.8 Å². The number of nitrogens with one attached hydrogen (secondary N) is 1. The van der Waals surface area contributed by atoms with Crippen LogP contribution in [0.5, 0.6) is 0 Å². The van der Waals surface area contributed by atoms with Gasteiger partial charge in [0.2, 0.25) is 5.91 Å². The Morgan fingerprint density at radius 3 is 2.48 bits per heavy atom. The molecule has 0 spiro atoms. The summed E-state index contributed by atoms with van der Waals surface area (Å²) in [7, 11) is 0. The van der Waals surface area contributed by atoms with Crippen molar-refractivity contribution in [2.75, 3.05) is 42.9 Å². The second kappa shape index (κ2) is 8.04. The van der Waals surface area contributed by atoms with E-state index in [-0.39, 0.29) is 18.1 Å². The standard InChI is InChI=1S/C18H18Cl2FN3O/c19-13-2-1-3-15(10-13)24-8-6-23(7-9-24)12-18(25)22-17-11-14(20)4-5-16(17)21/h1-5,10-11H,6-9,12H2,(H,22,25). The number of carbonyl (C=O) groups is 1. The number of benzene rings is 2. The molecule has 0 unspecified atom stereocenters. The summed E-state index contributed by atoms with van der Waals surface area (Å²) in [5.74, 6) is -0.749. The zero-order valence-electron chi connectivity index (χ0n) is 13.5. The molecule has 1 fully saturated rings. The van der Waals surface area contributed by atoms with Crippen LogP contribution in [0.3, 0.4) is 0 Å². The monoisotopic (exact) mass is 381 g/mol. The SMILES string of the molecule is O=C(CN1CCN(c2cccc(Cl)c2)CC1)Nc1cc(Cl)ccc1F. The minimum atomic E-state index is -0.497. The third-order valence-corrected chi connectivity index (χ3v) is 4.59. The van der Waals surface area contributed by atoms with E-state index in [1.807, 2.05) is 29.2 Å². The zero-order chi connectivity index (χ0) is 17.8. The van der Waals surface area contributed by atoms with Crippen LogP contribution in [-0.4, -0.2) is 43.5 Å². The Labute approximate surface area is 156 Å². The molecule has 0 aromatic heterocycles. The minimum Gasteiger partial charge on any atom is -0.369 e. The summed E-state index contributed by atoms with van der Waals surface area (Å²) in [6.45, 7) is 3.32. The van der Waals surface area contributed by atoms with Crippen molar-refractivity contribution in [3.63, 3.8) is 0 Å². The molecule has 0 aliphatic carbocycles. The van der Waals surface area contributed by atoms with Gasteiger partial charge in [-0.05, 0) is 36.4 Å². The highest BCUT2D eigenvalue weighted by molar-refractivity contribution is 6.31. The van der Waals surface area contributed by atoms with E-state index >= 15 is 0 Å². The molecule has 1 amide bonds. The van der Waals surface area contributed by atoms with Crippen LogP contribution in [0.2, 0.25) is 10.0 Å². The number of anilines is 2. The van der Waals surface area contributed by atoms with Crippen LogP contribution >= 0.6 is 23.2 Å². The van der Waals surface area contributed by atoms with Crippen LogP contribution in [0, 0.1) is 5.82 Å². The van der Waals surface area contributed by atoms with Gasteiger partial charge < -0.3 is 10.2 Å². The normalized spacial score (nSPS) is 15.2. The summed E-state index contributed by atoms with van der Waals surface area (Å²) in [5.41, 5.74) is 1.19. The number of rotatable bonds is 4. The molecule has 1 N–H and O–H groups in total. The highest BCUT2D eigenvalue weighted by Crippen LogP contribution is 2.21. The van der Waals surface area contributed by atoms with Crippen molar-refractivity contribution in [2.45, 2.75) is 0 Å². The second-order valence-corrected chi connectivity index (χ2v) is 6.79. The first-order chi connectivity index (χ1) is 12.0. The number of hydrogen-bond donors (Lipinski definition) is 1. The van der Waals surface area contributed by atoms with E-state index in [0.29, 0.717) is 10.0 Å². The predicted molar refractivity (Wildman–Crippen MR) is 100 cm³/mol. The number of piperazine rings is 1. The van der Waals surface area contributed by atoms with Crippen LogP contribution in [0.25, 0.3) is 0 Å². The first kappa shape index (κ1) is 18.0. The van der Waals surface area contributed by atoms with Gasteiger partial charge in [0.05, 0.1) is 12.2 Å². The molecule has 1 heterocycles. The first-order valence-corrected chi connectivity index (χ1v) is 8.74. The molecule has 2 aromatic rings.